The fraction of sp³-hybridized carbons (Fsp3) is 0.520. The van der Waals surface area contributed by atoms with E-state index in [9.17, 15) is 0 Å². The molecule has 0 bridgehead atoms. The Labute approximate surface area is 191 Å². The highest BCUT2D eigenvalue weighted by Gasteiger charge is 2.25. The average Bonchev–Trinajstić information content (AvgIpc) is 3.16. The second-order valence-corrected chi connectivity index (χ2v) is 8.84. The van der Waals surface area contributed by atoms with Gasteiger partial charge < -0.3 is 20.4 Å². The van der Waals surface area contributed by atoms with Crippen molar-refractivity contribution < 1.29 is 4.74 Å². The number of ether oxygens (including phenoxy) is 1. The SMILES string of the molecule is CCCCCCc1nc(N)nc2ccn(Cc3ccc(CN4CC(NC)C4)cc3OC)c12. The maximum Gasteiger partial charge on any atom is 0.220 e. The molecule has 32 heavy (non-hydrogen) atoms. The number of benzene rings is 1. The van der Waals surface area contributed by atoms with Crippen LogP contribution in [0.4, 0.5) is 5.95 Å². The molecule has 0 saturated carbocycles. The fourth-order valence-electron chi connectivity index (χ4n) is 4.57. The highest BCUT2D eigenvalue weighted by molar-refractivity contribution is 5.79. The number of rotatable bonds is 11. The summed E-state index contributed by atoms with van der Waals surface area (Å²) in [6, 6.07) is 9.23. The fourth-order valence-corrected chi connectivity index (χ4v) is 4.57. The number of nitrogen functional groups attached to an aromatic ring is 1. The smallest absolute Gasteiger partial charge is 0.220 e. The van der Waals surface area contributed by atoms with Gasteiger partial charge in [0, 0.05) is 37.4 Å². The van der Waals surface area contributed by atoms with Gasteiger partial charge in [-0.2, -0.15) is 0 Å². The van der Waals surface area contributed by atoms with Crippen LogP contribution in [0.25, 0.3) is 11.0 Å². The summed E-state index contributed by atoms with van der Waals surface area (Å²) in [7, 11) is 3.78. The lowest BCUT2D eigenvalue weighted by Crippen LogP contribution is -2.56. The molecule has 172 valence electrons. The number of likely N-dealkylation sites (N-methyl/N-ethyl adjacent to an activating group) is 1. The van der Waals surface area contributed by atoms with E-state index in [0.29, 0.717) is 18.5 Å². The molecule has 3 aromatic rings. The van der Waals surface area contributed by atoms with Gasteiger partial charge in [-0.1, -0.05) is 38.3 Å². The first-order chi connectivity index (χ1) is 15.6. The standard InChI is InChI=1S/C25H36N6O/c1-4-5-6-7-8-21-24-22(29-25(26)28-21)11-12-31(24)15-19-10-9-18(13-23(19)32-3)14-30-16-20(17-30)27-2/h9-13,20,27H,4-8,14-17H2,1-3H3,(H2,26,28,29). The van der Waals surface area contributed by atoms with E-state index in [1.807, 2.05) is 13.1 Å². The van der Waals surface area contributed by atoms with E-state index in [2.05, 4.69) is 56.1 Å². The van der Waals surface area contributed by atoms with E-state index >= 15 is 0 Å². The van der Waals surface area contributed by atoms with Crippen LogP contribution in [0.3, 0.4) is 0 Å². The highest BCUT2D eigenvalue weighted by atomic mass is 16.5. The van der Waals surface area contributed by atoms with Gasteiger partial charge in [0.2, 0.25) is 5.95 Å². The van der Waals surface area contributed by atoms with Crippen molar-refractivity contribution in [1.29, 1.82) is 0 Å². The van der Waals surface area contributed by atoms with Crippen molar-refractivity contribution in [3.63, 3.8) is 0 Å². The molecule has 0 aliphatic carbocycles. The largest absolute Gasteiger partial charge is 0.496 e. The van der Waals surface area contributed by atoms with Gasteiger partial charge in [-0.15, -0.1) is 0 Å². The third-order valence-electron chi connectivity index (χ3n) is 6.43. The molecule has 0 amide bonds. The lowest BCUT2D eigenvalue weighted by molar-refractivity contribution is 0.124. The van der Waals surface area contributed by atoms with E-state index in [1.165, 1.54) is 24.8 Å². The van der Waals surface area contributed by atoms with Gasteiger partial charge in [0.15, 0.2) is 0 Å². The highest BCUT2D eigenvalue weighted by Crippen LogP contribution is 2.27. The van der Waals surface area contributed by atoms with Crippen LogP contribution in [0.5, 0.6) is 5.75 Å². The zero-order chi connectivity index (χ0) is 22.5. The number of aryl methyl sites for hydroxylation is 1. The lowest BCUT2D eigenvalue weighted by atomic mass is 10.1. The number of methoxy groups -OCH3 is 1. The van der Waals surface area contributed by atoms with E-state index in [0.717, 1.165) is 60.5 Å². The minimum absolute atomic E-state index is 0.356. The molecule has 3 heterocycles. The molecule has 0 unspecified atom stereocenters. The number of hydrogen-bond donors (Lipinski definition) is 2. The third kappa shape index (κ3) is 5.05. The van der Waals surface area contributed by atoms with Gasteiger partial charge in [-0.25, -0.2) is 9.97 Å². The molecular weight excluding hydrogens is 400 g/mol. The molecule has 7 nitrogen and oxygen atoms in total. The Bertz CT molecular complexity index is 1040. The number of unbranched alkanes of at least 4 members (excludes halogenated alkanes) is 3. The second kappa shape index (κ2) is 10.3. The van der Waals surface area contributed by atoms with Crippen molar-refractivity contribution in [1.82, 2.24) is 24.8 Å². The molecule has 1 saturated heterocycles. The van der Waals surface area contributed by atoms with E-state index in [-0.39, 0.29) is 0 Å². The van der Waals surface area contributed by atoms with Crippen LogP contribution in [-0.2, 0) is 19.5 Å². The van der Waals surface area contributed by atoms with Crippen LogP contribution in [0.15, 0.2) is 30.5 Å². The van der Waals surface area contributed by atoms with Gasteiger partial charge >= 0.3 is 0 Å². The van der Waals surface area contributed by atoms with Crippen molar-refractivity contribution in [2.75, 3.05) is 33.0 Å². The van der Waals surface area contributed by atoms with Gasteiger partial charge in [0.25, 0.3) is 0 Å². The Kier molecular flexibility index (Phi) is 7.27. The molecule has 3 N–H and O–H groups in total. The second-order valence-electron chi connectivity index (χ2n) is 8.84. The van der Waals surface area contributed by atoms with Crippen LogP contribution in [0, 0.1) is 0 Å². The number of aromatic nitrogens is 3. The van der Waals surface area contributed by atoms with E-state index < -0.39 is 0 Å². The van der Waals surface area contributed by atoms with Crippen LogP contribution in [0.2, 0.25) is 0 Å². The zero-order valence-corrected chi connectivity index (χ0v) is 19.6. The maximum absolute atomic E-state index is 5.99. The zero-order valence-electron chi connectivity index (χ0n) is 19.6. The number of anilines is 1. The topological polar surface area (TPSA) is 81.2 Å². The molecular formula is C25H36N6O. The van der Waals surface area contributed by atoms with Crippen LogP contribution >= 0.6 is 0 Å². The Hall–Kier alpha value is -2.64. The summed E-state index contributed by atoms with van der Waals surface area (Å²) in [6.45, 7) is 6.09. The maximum atomic E-state index is 5.99. The third-order valence-corrected chi connectivity index (χ3v) is 6.43. The summed E-state index contributed by atoms with van der Waals surface area (Å²) in [5, 5.41) is 3.33. The number of nitrogens with two attached hydrogens (primary N) is 1. The first kappa shape index (κ1) is 22.6. The first-order valence-corrected chi connectivity index (χ1v) is 11.8. The summed E-state index contributed by atoms with van der Waals surface area (Å²) in [4.78, 5) is 11.5. The minimum atomic E-state index is 0.356. The van der Waals surface area contributed by atoms with E-state index in [4.69, 9.17) is 10.5 Å². The van der Waals surface area contributed by atoms with Gasteiger partial charge in [0.05, 0.1) is 30.4 Å². The molecule has 0 spiro atoms. The molecule has 7 heteroatoms. The molecule has 4 rings (SSSR count). The van der Waals surface area contributed by atoms with Gasteiger partial charge in [-0.3, -0.25) is 4.90 Å². The summed E-state index contributed by atoms with van der Waals surface area (Å²) in [6.07, 6.45) is 7.81. The van der Waals surface area contributed by atoms with Crippen LogP contribution in [0.1, 0.15) is 49.4 Å². The number of nitrogens with zero attached hydrogens (tertiary/aromatic N) is 4. The Morgan fingerprint density at radius 1 is 1.12 bits per heavy atom. The average molecular weight is 437 g/mol. The molecule has 1 fully saturated rings. The normalized spacial score (nSPS) is 14.7. The van der Waals surface area contributed by atoms with Crippen molar-refractivity contribution in [2.45, 2.75) is 58.2 Å². The van der Waals surface area contributed by atoms with Crippen molar-refractivity contribution in [3.05, 3.63) is 47.3 Å². The molecule has 2 aromatic heterocycles. The van der Waals surface area contributed by atoms with Crippen molar-refractivity contribution in [3.8, 4) is 5.75 Å². The summed E-state index contributed by atoms with van der Waals surface area (Å²) >= 11 is 0. The molecule has 0 radical (unpaired) electrons. The predicted octanol–water partition coefficient (Wildman–Crippen LogP) is 3.60. The number of hydrogen-bond acceptors (Lipinski definition) is 6. The van der Waals surface area contributed by atoms with Gasteiger partial charge in [-0.05, 0) is 37.6 Å². The molecule has 1 aliphatic heterocycles. The summed E-state index contributed by atoms with van der Waals surface area (Å²) < 4.78 is 8.00. The summed E-state index contributed by atoms with van der Waals surface area (Å²) in [5.74, 6) is 1.28. The van der Waals surface area contributed by atoms with Gasteiger partial charge in [0.1, 0.15) is 5.75 Å². The van der Waals surface area contributed by atoms with Crippen LogP contribution < -0.4 is 15.8 Å². The Balaban J connectivity index is 1.53. The monoisotopic (exact) mass is 436 g/mol. The molecule has 1 aromatic carbocycles. The predicted molar refractivity (Wildman–Crippen MR) is 130 cm³/mol. The number of fused-ring (bicyclic) bond motifs is 1. The Morgan fingerprint density at radius 2 is 1.97 bits per heavy atom. The minimum Gasteiger partial charge on any atom is -0.496 e. The lowest BCUT2D eigenvalue weighted by Gasteiger charge is -2.39. The van der Waals surface area contributed by atoms with E-state index in [1.54, 1.807) is 7.11 Å². The van der Waals surface area contributed by atoms with Crippen molar-refractivity contribution in [2.24, 2.45) is 0 Å². The van der Waals surface area contributed by atoms with Crippen LogP contribution in [-0.4, -0.2) is 52.7 Å². The molecule has 1 aliphatic rings. The summed E-state index contributed by atoms with van der Waals surface area (Å²) in [5.41, 5.74) is 11.5. The number of nitrogens with one attached hydrogen (secondary N) is 1. The Morgan fingerprint density at radius 3 is 2.72 bits per heavy atom. The number of likely N-dealkylation sites (tertiary alicyclic amines) is 1. The first-order valence-electron chi connectivity index (χ1n) is 11.8. The van der Waals surface area contributed by atoms with Crippen molar-refractivity contribution >= 4 is 17.0 Å². The molecule has 0 atom stereocenters. The quantitative estimate of drug-likeness (QED) is 0.447.